The normalized spacial score (nSPS) is 16.3. The summed E-state index contributed by atoms with van der Waals surface area (Å²) in [7, 11) is 0. The van der Waals surface area contributed by atoms with Crippen LogP contribution in [0.25, 0.3) is 0 Å². The highest BCUT2D eigenvalue weighted by atomic mass is 16.7. The van der Waals surface area contributed by atoms with E-state index in [0.29, 0.717) is 19.2 Å². The average molecular weight is 126 g/mol. The molecule has 0 saturated carbocycles. The van der Waals surface area contributed by atoms with Gasteiger partial charge in [0.2, 0.25) is 0 Å². The molecule has 0 bridgehead atoms. The van der Waals surface area contributed by atoms with Crippen molar-refractivity contribution in [1.82, 2.24) is 0 Å². The zero-order valence-electron chi connectivity index (χ0n) is 5.52. The van der Waals surface area contributed by atoms with Gasteiger partial charge in [-0.15, -0.1) is 0 Å². The van der Waals surface area contributed by atoms with Crippen molar-refractivity contribution in [3.63, 3.8) is 0 Å². The minimum atomic E-state index is 0.600. The molecule has 0 aliphatic carbocycles. The Kier molecular flexibility index (Phi) is 1.78. The minimum Gasteiger partial charge on any atom is -0.462 e. The van der Waals surface area contributed by atoms with Crippen LogP contribution in [0.4, 0.5) is 0 Å². The summed E-state index contributed by atoms with van der Waals surface area (Å²) in [6.45, 7) is 6.91. The van der Waals surface area contributed by atoms with Crippen LogP contribution in [0.5, 0.6) is 0 Å². The molecule has 0 atom stereocenters. The van der Waals surface area contributed by atoms with Crippen molar-refractivity contribution in [2.24, 2.45) is 0 Å². The van der Waals surface area contributed by atoms with E-state index >= 15 is 0 Å². The van der Waals surface area contributed by atoms with Gasteiger partial charge in [-0.1, -0.05) is 12.2 Å². The molecule has 0 aromatic carbocycles. The lowest BCUT2D eigenvalue weighted by atomic mass is 10.3. The fourth-order valence-electron chi connectivity index (χ4n) is 0.611. The summed E-state index contributed by atoms with van der Waals surface area (Å²) in [5.41, 5.74) is 0.951. The molecule has 50 valence electrons. The molecule has 1 aliphatic heterocycles. The van der Waals surface area contributed by atoms with Gasteiger partial charge in [0, 0.05) is 6.08 Å². The molecule has 2 heteroatoms. The monoisotopic (exact) mass is 126 g/mol. The van der Waals surface area contributed by atoms with Crippen molar-refractivity contribution in [2.75, 3.05) is 13.2 Å². The molecule has 1 rings (SSSR count). The molecular weight excluding hydrogens is 116 g/mol. The third kappa shape index (κ3) is 1.80. The Labute approximate surface area is 54.8 Å². The van der Waals surface area contributed by atoms with Gasteiger partial charge in [-0.2, -0.15) is 0 Å². The van der Waals surface area contributed by atoms with Crippen LogP contribution in [0.3, 0.4) is 0 Å². The molecule has 2 nitrogen and oxygen atoms in total. The minimum absolute atomic E-state index is 0.600. The molecule has 0 spiro atoms. The molecule has 0 unspecified atom stereocenters. The fourth-order valence-corrected chi connectivity index (χ4v) is 0.611. The average Bonchev–Trinajstić information content (AvgIpc) is 2.15. The number of hydrogen-bond acceptors (Lipinski definition) is 2. The molecule has 9 heavy (non-hydrogen) atoms. The Morgan fingerprint density at radius 2 is 2.11 bits per heavy atom. The van der Waals surface area contributed by atoms with Crippen LogP contribution in [0.2, 0.25) is 0 Å². The van der Waals surface area contributed by atoms with Crippen molar-refractivity contribution in [3.05, 3.63) is 24.2 Å². The van der Waals surface area contributed by atoms with Gasteiger partial charge in [-0.05, 0) is 6.92 Å². The molecule has 1 aliphatic rings. The van der Waals surface area contributed by atoms with Gasteiger partial charge in [0.05, 0.1) is 0 Å². The summed E-state index contributed by atoms with van der Waals surface area (Å²) < 4.78 is 10.1. The zero-order chi connectivity index (χ0) is 6.69. The van der Waals surface area contributed by atoms with Gasteiger partial charge in [0.15, 0.2) is 0 Å². The molecule has 0 N–H and O–H groups in total. The highest BCUT2D eigenvalue weighted by Gasteiger charge is 2.06. The topological polar surface area (TPSA) is 18.5 Å². The SMILES string of the molecule is C=C(C)C=C1OCCO1. The van der Waals surface area contributed by atoms with Crippen LogP contribution in [0.15, 0.2) is 24.2 Å². The molecule has 1 heterocycles. The van der Waals surface area contributed by atoms with E-state index in [0.717, 1.165) is 5.57 Å². The summed E-state index contributed by atoms with van der Waals surface area (Å²) in [6, 6.07) is 0. The largest absolute Gasteiger partial charge is 0.462 e. The van der Waals surface area contributed by atoms with Gasteiger partial charge < -0.3 is 9.47 Å². The van der Waals surface area contributed by atoms with Crippen molar-refractivity contribution in [3.8, 4) is 0 Å². The first-order chi connectivity index (χ1) is 4.29. The van der Waals surface area contributed by atoms with Crippen molar-refractivity contribution in [1.29, 1.82) is 0 Å². The quantitative estimate of drug-likeness (QED) is 0.529. The zero-order valence-corrected chi connectivity index (χ0v) is 5.52. The predicted octanol–water partition coefficient (Wildman–Crippen LogP) is 1.45. The first-order valence-electron chi connectivity index (χ1n) is 2.92. The maximum Gasteiger partial charge on any atom is 0.279 e. The summed E-state index contributed by atoms with van der Waals surface area (Å²) >= 11 is 0. The van der Waals surface area contributed by atoms with Gasteiger partial charge in [0.25, 0.3) is 5.95 Å². The molecular formula is C7H10O2. The molecule has 1 fully saturated rings. The van der Waals surface area contributed by atoms with E-state index in [1.165, 1.54) is 0 Å². The van der Waals surface area contributed by atoms with E-state index in [1.807, 2.05) is 6.92 Å². The Hall–Kier alpha value is -0.920. The molecule has 0 aromatic heterocycles. The molecule has 1 saturated heterocycles. The lowest BCUT2D eigenvalue weighted by Crippen LogP contribution is -1.79. The molecule has 0 amide bonds. The van der Waals surface area contributed by atoms with E-state index in [4.69, 9.17) is 9.47 Å². The summed E-state index contributed by atoms with van der Waals surface area (Å²) in [5, 5.41) is 0. The second-order valence-corrected chi connectivity index (χ2v) is 2.01. The van der Waals surface area contributed by atoms with Crippen LogP contribution in [-0.2, 0) is 9.47 Å². The Morgan fingerprint density at radius 3 is 2.56 bits per heavy atom. The maximum absolute atomic E-state index is 5.04. The van der Waals surface area contributed by atoms with Crippen LogP contribution in [0, 0.1) is 0 Å². The van der Waals surface area contributed by atoms with E-state index in [1.54, 1.807) is 6.08 Å². The summed E-state index contributed by atoms with van der Waals surface area (Å²) in [5.74, 6) is 0.600. The first-order valence-corrected chi connectivity index (χ1v) is 2.92. The van der Waals surface area contributed by atoms with E-state index in [9.17, 15) is 0 Å². The molecule has 0 aromatic rings. The van der Waals surface area contributed by atoms with Gasteiger partial charge in [-0.25, -0.2) is 0 Å². The van der Waals surface area contributed by atoms with Crippen molar-refractivity contribution in [2.45, 2.75) is 6.92 Å². The third-order valence-electron chi connectivity index (χ3n) is 0.936. The third-order valence-corrected chi connectivity index (χ3v) is 0.936. The smallest absolute Gasteiger partial charge is 0.279 e. The van der Waals surface area contributed by atoms with Gasteiger partial charge in [0.1, 0.15) is 13.2 Å². The molecule has 0 radical (unpaired) electrons. The second-order valence-electron chi connectivity index (χ2n) is 2.01. The van der Waals surface area contributed by atoms with Crippen LogP contribution < -0.4 is 0 Å². The first kappa shape index (κ1) is 6.20. The van der Waals surface area contributed by atoms with Crippen molar-refractivity contribution >= 4 is 0 Å². The van der Waals surface area contributed by atoms with Gasteiger partial charge in [-0.3, -0.25) is 0 Å². The Bertz CT molecular complexity index is 139. The number of hydrogen-bond donors (Lipinski definition) is 0. The van der Waals surface area contributed by atoms with E-state index in [-0.39, 0.29) is 0 Å². The maximum atomic E-state index is 5.04. The lowest BCUT2D eigenvalue weighted by molar-refractivity contribution is 0.175. The van der Waals surface area contributed by atoms with Crippen LogP contribution >= 0.6 is 0 Å². The van der Waals surface area contributed by atoms with Gasteiger partial charge >= 0.3 is 0 Å². The highest BCUT2D eigenvalue weighted by Crippen LogP contribution is 2.09. The summed E-state index contributed by atoms with van der Waals surface area (Å²) in [6.07, 6.45) is 1.78. The number of ether oxygens (including phenoxy) is 2. The van der Waals surface area contributed by atoms with E-state index in [2.05, 4.69) is 6.58 Å². The number of rotatable bonds is 1. The fraction of sp³-hybridized carbons (Fsp3) is 0.429. The number of allylic oxidation sites excluding steroid dienone is 2. The van der Waals surface area contributed by atoms with Crippen LogP contribution in [-0.4, -0.2) is 13.2 Å². The van der Waals surface area contributed by atoms with Crippen LogP contribution in [0.1, 0.15) is 6.92 Å². The second kappa shape index (κ2) is 2.58. The summed E-state index contributed by atoms with van der Waals surface area (Å²) in [4.78, 5) is 0. The van der Waals surface area contributed by atoms with E-state index < -0.39 is 0 Å². The highest BCUT2D eigenvalue weighted by molar-refractivity contribution is 5.12. The lowest BCUT2D eigenvalue weighted by Gasteiger charge is -1.94. The Morgan fingerprint density at radius 1 is 1.56 bits per heavy atom. The van der Waals surface area contributed by atoms with Crippen molar-refractivity contribution < 1.29 is 9.47 Å². The Balaban J connectivity index is 2.49. The standard InChI is InChI=1S/C7H10O2/c1-6(2)5-7-8-3-4-9-7/h5H,1,3-4H2,2H3. The predicted molar refractivity (Wildman–Crippen MR) is 34.8 cm³/mol.